The zero-order valence-corrected chi connectivity index (χ0v) is 13.1. The summed E-state index contributed by atoms with van der Waals surface area (Å²) in [6.45, 7) is 4.47. The third-order valence-corrected chi connectivity index (χ3v) is 4.12. The molecule has 4 heteroatoms. The second-order valence-corrected chi connectivity index (χ2v) is 5.78. The van der Waals surface area contributed by atoms with Crippen LogP contribution in [0.4, 0.5) is 0 Å². The van der Waals surface area contributed by atoms with Gasteiger partial charge in [0, 0.05) is 6.20 Å². The minimum atomic E-state index is -0.336. The molecule has 1 aliphatic rings. The van der Waals surface area contributed by atoms with Gasteiger partial charge in [0.1, 0.15) is 6.10 Å². The van der Waals surface area contributed by atoms with Crippen molar-refractivity contribution >= 4 is 5.91 Å². The molecule has 1 N–H and O–H groups in total. The number of ether oxygens (including phenoxy) is 1. The Kier molecular flexibility index (Phi) is 6.18. The number of aryl methyl sites for hydroxylation is 1. The fourth-order valence-electron chi connectivity index (χ4n) is 2.77. The summed E-state index contributed by atoms with van der Waals surface area (Å²) < 4.78 is 5.99. The average molecular weight is 290 g/mol. The fourth-order valence-corrected chi connectivity index (χ4v) is 2.77. The molecule has 0 aliphatic heterocycles. The Morgan fingerprint density at radius 1 is 1.43 bits per heavy atom. The number of rotatable bonds is 6. The van der Waals surface area contributed by atoms with Crippen molar-refractivity contribution in [3.63, 3.8) is 0 Å². The van der Waals surface area contributed by atoms with Crippen molar-refractivity contribution in [3.05, 3.63) is 29.6 Å². The summed E-state index contributed by atoms with van der Waals surface area (Å²) >= 11 is 0. The third kappa shape index (κ3) is 4.81. The predicted octanol–water partition coefficient (Wildman–Crippen LogP) is 3.13. The van der Waals surface area contributed by atoms with Crippen LogP contribution >= 0.6 is 0 Å². The molecule has 1 atom stereocenters. The summed E-state index contributed by atoms with van der Waals surface area (Å²) in [5.41, 5.74) is 2.01. The quantitative estimate of drug-likeness (QED) is 0.875. The molecule has 1 saturated carbocycles. The standard InChI is InChI=1S/C17H26N2O2/c1-3-16(21-14-9-5-4-6-10-14)17(20)19-12-15-13(2)8-7-11-18-15/h7-8,11,14,16H,3-6,9-10,12H2,1-2H3,(H,19,20). The number of pyridine rings is 1. The first-order chi connectivity index (χ1) is 10.2. The van der Waals surface area contributed by atoms with Crippen LogP contribution in [0.3, 0.4) is 0 Å². The molecular weight excluding hydrogens is 264 g/mol. The van der Waals surface area contributed by atoms with Gasteiger partial charge < -0.3 is 10.1 Å². The van der Waals surface area contributed by atoms with E-state index in [1.807, 2.05) is 26.0 Å². The van der Waals surface area contributed by atoms with Crippen molar-refractivity contribution in [1.82, 2.24) is 10.3 Å². The van der Waals surface area contributed by atoms with Gasteiger partial charge in [-0.05, 0) is 37.8 Å². The lowest BCUT2D eigenvalue weighted by atomic mass is 9.97. The summed E-state index contributed by atoms with van der Waals surface area (Å²) in [5, 5.41) is 2.95. The smallest absolute Gasteiger partial charge is 0.249 e. The Hall–Kier alpha value is -1.42. The van der Waals surface area contributed by atoms with Crippen LogP contribution in [0.5, 0.6) is 0 Å². The molecule has 0 spiro atoms. The number of nitrogens with zero attached hydrogens (tertiary/aromatic N) is 1. The van der Waals surface area contributed by atoms with Crippen LogP contribution in [0.25, 0.3) is 0 Å². The molecule has 4 nitrogen and oxygen atoms in total. The Bertz CT molecular complexity index is 456. The maximum atomic E-state index is 12.3. The molecule has 1 amide bonds. The van der Waals surface area contributed by atoms with Gasteiger partial charge in [0.2, 0.25) is 5.91 Å². The van der Waals surface area contributed by atoms with Crippen molar-refractivity contribution in [2.24, 2.45) is 0 Å². The van der Waals surface area contributed by atoms with E-state index in [4.69, 9.17) is 4.74 Å². The molecule has 2 rings (SSSR count). The maximum Gasteiger partial charge on any atom is 0.249 e. The van der Waals surface area contributed by atoms with Crippen molar-refractivity contribution in [3.8, 4) is 0 Å². The average Bonchev–Trinajstić information content (AvgIpc) is 2.52. The van der Waals surface area contributed by atoms with E-state index in [2.05, 4.69) is 10.3 Å². The lowest BCUT2D eigenvalue weighted by Gasteiger charge is -2.26. The van der Waals surface area contributed by atoms with Gasteiger partial charge in [-0.15, -0.1) is 0 Å². The van der Waals surface area contributed by atoms with Crippen molar-refractivity contribution in [1.29, 1.82) is 0 Å². The molecule has 1 aromatic heterocycles. The van der Waals surface area contributed by atoms with E-state index in [1.54, 1.807) is 6.20 Å². The van der Waals surface area contributed by atoms with Gasteiger partial charge in [0.05, 0.1) is 18.3 Å². The number of aromatic nitrogens is 1. The molecule has 0 saturated heterocycles. The normalized spacial score (nSPS) is 17.4. The number of hydrogen-bond acceptors (Lipinski definition) is 3. The zero-order chi connectivity index (χ0) is 15.1. The molecule has 0 bridgehead atoms. The third-order valence-electron chi connectivity index (χ3n) is 4.12. The van der Waals surface area contributed by atoms with Crippen LogP contribution in [0, 0.1) is 6.92 Å². The molecule has 1 aliphatic carbocycles. The molecule has 0 aromatic carbocycles. The summed E-state index contributed by atoms with van der Waals surface area (Å²) in [6, 6.07) is 3.91. The summed E-state index contributed by atoms with van der Waals surface area (Å²) in [6.07, 6.45) is 8.29. The maximum absolute atomic E-state index is 12.3. The van der Waals surface area contributed by atoms with E-state index in [1.165, 1.54) is 19.3 Å². The van der Waals surface area contributed by atoms with E-state index in [9.17, 15) is 4.79 Å². The number of hydrogen-bond donors (Lipinski definition) is 1. The topological polar surface area (TPSA) is 51.2 Å². The minimum absolute atomic E-state index is 0.0203. The van der Waals surface area contributed by atoms with E-state index in [-0.39, 0.29) is 18.1 Å². The highest BCUT2D eigenvalue weighted by atomic mass is 16.5. The molecule has 1 heterocycles. The SMILES string of the molecule is CCC(OC1CCCCC1)C(=O)NCc1ncccc1C. The van der Waals surface area contributed by atoms with E-state index in [0.717, 1.165) is 24.1 Å². The first kappa shape index (κ1) is 16.0. The fraction of sp³-hybridized carbons (Fsp3) is 0.647. The summed E-state index contributed by atoms with van der Waals surface area (Å²) in [4.78, 5) is 16.6. The van der Waals surface area contributed by atoms with E-state index < -0.39 is 0 Å². The predicted molar refractivity (Wildman–Crippen MR) is 82.9 cm³/mol. The van der Waals surface area contributed by atoms with Crippen molar-refractivity contribution in [2.45, 2.75) is 71.1 Å². The number of nitrogens with one attached hydrogen (secondary N) is 1. The van der Waals surface area contributed by atoms with E-state index >= 15 is 0 Å². The Labute approximate surface area is 127 Å². The van der Waals surface area contributed by atoms with Crippen LogP contribution in [-0.2, 0) is 16.1 Å². The minimum Gasteiger partial charge on any atom is -0.365 e. The van der Waals surface area contributed by atoms with Gasteiger partial charge in [0.15, 0.2) is 0 Å². The van der Waals surface area contributed by atoms with Gasteiger partial charge in [-0.25, -0.2) is 0 Å². The Morgan fingerprint density at radius 3 is 2.86 bits per heavy atom. The highest BCUT2D eigenvalue weighted by Crippen LogP contribution is 2.22. The number of amides is 1. The van der Waals surface area contributed by atoms with Crippen LogP contribution in [-0.4, -0.2) is 23.1 Å². The summed E-state index contributed by atoms with van der Waals surface area (Å²) in [5.74, 6) is -0.0203. The molecule has 1 fully saturated rings. The Balaban J connectivity index is 1.83. The van der Waals surface area contributed by atoms with Crippen molar-refractivity contribution in [2.75, 3.05) is 0 Å². The number of carbonyl (C=O) groups excluding carboxylic acids is 1. The largest absolute Gasteiger partial charge is 0.365 e. The van der Waals surface area contributed by atoms with E-state index in [0.29, 0.717) is 13.0 Å². The monoisotopic (exact) mass is 290 g/mol. The van der Waals surface area contributed by atoms with Gasteiger partial charge >= 0.3 is 0 Å². The zero-order valence-electron chi connectivity index (χ0n) is 13.1. The molecule has 116 valence electrons. The van der Waals surface area contributed by atoms with Gasteiger partial charge in [-0.3, -0.25) is 9.78 Å². The van der Waals surface area contributed by atoms with Crippen molar-refractivity contribution < 1.29 is 9.53 Å². The second kappa shape index (κ2) is 8.13. The molecule has 0 radical (unpaired) electrons. The molecule has 21 heavy (non-hydrogen) atoms. The second-order valence-electron chi connectivity index (χ2n) is 5.78. The van der Waals surface area contributed by atoms with Crippen LogP contribution < -0.4 is 5.32 Å². The first-order valence-corrected chi connectivity index (χ1v) is 8.04. The highest BCUT2D eigenvalue weighted by Gasteiger charge is 2.23. The first-order valence-electron chi connectivity index (χ1n) is 8.04. The molecule has 1 unspecified atom stereocenters. The van der Waals surface area contributed by atoms with Crippen LogP contribution in [0.2, 0.25) is 0 Å². The lowest BCUT2D eigenvalue weighted by Crippen LogP contribution is -2.38. The Morgan fingerprint density at radius 2 is 2.19 bits per heavy atom. The van der Waals surface area contributed by atoms with Gasteiger partial charge in [-0.1, -0.05) is 32.3 Å². The summed E-state index contributed by atoms with van der Waals surface area (Å²) in [7, 11) is 0. The van der Waals surface area contributed by atoms with Crippen LogP contribution in [0.1, 0.15) is 56.7 Å². The molecular formula is C17H26N2O2. The molecule has 1 aromatic rings. The highest BCUT2D eigenvalue weighted by molar-refractivity contribution is 5.80. The number of carbonyl (C=O) groups is 1. The lowest BCUT2D eigenvalue weighted by molar-refractivity contribution is -0.138. The van der Waals surface area contributed by atoms with Gasteiger partial charge in [0.25, 0.3) is 0 Å². The van der Waals surface area contributed by atoms with Crippen LogP contribution in [0.15, 0.2) is 18.3 Å². The van der Waals surface area contributed by atoms with Gasteiger partial charge in [-0.2, -0.15) is 0 Å².